The van der Waals surface area contributed by atoms with Gasteiger partial charge in [0, 0.05) is 11.0 Å². The maximum absolute atomic E-state index is 11.8. The van der Waals surface area contributed by atoms with Crippen LogP contribution in [0.25, 0.3) is 6.08 Å². The van der Waals surface area contributed by atoms with Crippen LogP contribution < -0.4 is 5.32 Å². The summed E-state index contributed by atoms with van der Waals surface area (Å²) >= 11 is 1.52. The van der Waals surface area contributed by atoms with Crippen molar-refractivity contribution in [2.24, 2.45) is 0 Å². The van der Waals surface area contributed by atoms with Crippen LogP contribution >= 0.6 is 11.3 Å². The smallest absolute Gasteiger partial charge is 0.331 e. The highest BCUT2D eigenvalue weighted by atomic mass is 32.1. The van der Waals surface area contributed by atoms with Gasteiger partial charge < -0.3 is 10.1 Å². The third-order valence-corrected chi connectivity index (χ3v) is 3.92. The quantitative estimate of drug-likeness (QED) is 0.676. The number of thiophene rings is 1. The molecule has 0 fully saturated rings. The maximum Gasteiger partial charge on any atom is 0.331 e. The number of amides is 1. The molecule has 0 aliphatic rings. The molecule has 2 rings (SSSR count). The van der Waals surface area contributed by atoms with E-state index < -0.39 is 18.5 Å². The molecule has 1 heterocycles. The van der Waals surface area contributed by atoms with Crippen LogP contribution in [0.2, 0.25) is 0 Å². The molecule has 23 heavy (non-hydrogen) atoms. The van der Waals surface area contributed by atoms with E-state index in [9.17, 15) is 9.59 Å². The average Bonchev–Trinajstić information content (AvgIpc) is 2.96. The average molecular weight is 326 g/mol. The molecule has 0 spiro atoms. The summed E-state index contributed by atoms with van der Waals surface area (Å²) in [6, 6.07) is 10.5. The number of aryl methyl sites for hydroxylation is 1. The summed E-state index contributed by atoms with van der Waals surface area (Å²) < 4.78 is 4.87. The normalized spacial score (nSPS) is 10.3. The van der Waals surface area contributed by atoms with Crippen molar-refractivity contribution in [2.75, 3.05) is 11.9 Å². The van der Waals surface area contributed by atoms with Gasteiger partial charge in [0.2, 0.25) is 0 Å². The van der Waals surface area contributed by atoms with Crippen LogP contribution in [0.5, 0.6) is 0 Å². The number of carbonyl (C=O) groups is 2. The highest BCUT2D eigenvalue weighted by molar-refractivity contribution is 7.11. The van der Waals surface area contributed by atoms with Crippen molar-refractivity contribution >= 4 is 35.0 Å². The Bertz CT molecular complexity index is 787. The lowest BCUT2D eigenvalue weighted by Gasteiger charge is -2.06. The fourth-order valence-corrected chi connectivity index (χ4v) is 2.58. The SMILES string of the molecule is Cc1ccsc1/C=C/C(=O)OCC(=O)Nc1ccccc1C#N. The fourth-order valence-electron chi connectivity index (χ4n) is 1.76. The summed E-state index contributed by atoms with van der Waals surface area (Å²) in [7, 11) is 0. The number of para-hydroxylation sites is 1. The molecule has 0 bridgehead atoms. The zero-order valence-electron chi connectivity index (χ0n) is 12.4. The third-order valence-electron chi connectivity index (χ3n) is 2.94. The van der Waals surface area contributed by atoms with Crippen molar-refractivity contribution in [1.29, 1.82) is 5.26 Å². The Hall–Kier alpha value is -2.91. The van der Waals surface area contributed by atoms with E-state index in [1.807, 2.05) is 24.4 Å². The molecule has 1 aromatic heterocycles. The van der Waals surface area contributed by atoms with Crippen molar-refractivity contribution in [3.8, 4) is 6.07 Å². The van der Waals surface area contributed by atoms with Gasteiger partial charge in [-0.15, -0.1) is 11.3 Å². The fraction of sp³-hybridized carbons (Fsp3) is 0.118. The highest BCUT2D eigenvalue weighted by Crippen LogP contribution is 2.17. The van der Waals surface area contributed by atoms with Gasteiger partial charge in [-0.1, -0.05) is 12.1 Å². The van der Waals surface area contributed by atoms with Gasteiger partial charge in [-0.05, 0) is 42.1 Å². The molecule has 5 nitrogen and oxygen atoms in total. The van der Waals surface area contributed by atoms with Crippen LogP contribution in [0.1, 0.15) is 16.0 Å². The molecular weight excluding hydrogens is 312 g/mol. The summed E-state index contributed by atoms with van der Waals surface area (Å²) in [6.45, 7) is 1.54. The number of nitrogens with zero attached hydrogens (tertiary/aromatic N) is 1. The van der Waals surface area contributed by atoms with Gasteiger partial charge >= 0.3 is 5.97 Å². The number of esters is 1. The third kappa shape index (κ3) is 4.80. The molecule has 0 aliphatic carbocycles. The van der Waals surface area contributed by atoms with Crippen molar-refractivity contribution < 1.29 is 14.3 Å². The zero-order chi connectivity index (χ0) is 16.7. The van der Waals surface area contributed by atoms with E-state index in [4.69, 9.17) is 10.00 Å². The molecule has 6 heteroatoms. The first-order valence-electron chi connectivity index (χ1n) is 6.78. The molecule has 0 unspecified atom stereocenters. The number of hydrogen-bond acceptors (Lipinski definition) is 5. The van der Waals surface area contributed by atoms with E-state index >= 15 is 0 Å². The molecule has 1 amide bonds. The molecular formula is C17H14N2O3S. The summed E-state index contributed by atoms with van der Waals surface area (Å²) in [6.07, 6.45) is 2.94. The van der Waals surface area contributed by atoms with E-state index in [0.29, 0.717) is 11.3 Å². The molecule has 116 valence electrons. The van der Waals surface area contributed by atoms with Gasteiger partial charge in [0.25, 0.3) is 5.91 Å². The van der Waals surface area contributed by atoms with Crippen LogP contribution in [0.4, 0.5) is 5.69 Å². The van der Waals surface area contributed by atoms with Crippen LogP contribution in [0.15, 0.2) is 41.8 Å². The summed E-state index contributed by atoms with van der Waals surface area (Å²) in [5, 5.41) is 13.4. The number of anilines is 1. The first-order valence-corrected chi connectivity index (χ1v) is 7.66. The van der Waals surface area contributed by atoms with E-state index in [1.165, 1.54) is 17.4 Å². The topological polar surface area (TPSA) is 79.2 Å². The maximum atomic E-state index is 11.8. The second-order valence-corrected chi connectivity index (χ2v) is 5.56. The lowest BCUT2D eigenvalue weighted by Crippen LogP contribution is -2.20. The molecule has 1 N–H and O–H groups in total. The van der Waals surface area contributed by atoms with Gasteiger partial charge in [-0.3, -0.25) is 4.79 Å². The second-order valence-electron chi connectivity index (χ2n) is 4.61. The van der Waals surface area contributed by atoms with E-state index in [-0.39, 0.29) is 0 Å². The molecule has 0 aliphatic heterocycles. The van der Waals surface area contributed by atoms with E-state index in [2.05, 4.69) is 5.32 Å². The van der Waals surface area contributed by atoms with Crippen LogP contribution in [0, 0.1) is 18.3 Å². The highest BCUT2D eigenvalue weighted by Gasteiger charge is 2.08. The van der Waals surface area contributed by atoms with Gasteiger partial charge in [0.15, 0.2) is 6.61 Å². The van der Waals surface area contributed by atoms with Gasteiger partial charge in [0.05, 0.1) is 11.3 Å². The molecule has 2 aromatic rings. The predicted molar refractivity (Wildman–Crippen MR) is 88.8 cm³/mol. The molecule has 0 atom stereocenters. The Morgan fingerprint density at radius 3 is 2.83 bits per heavy atom. The number of nitriles is 1. The standard InChI is InChI=1S/C17H14N2O3S/c1-12-8-9-23-15(12)6-7-17(21)22-11-16(20)19-14-5-3-2-4-13(14)10-18/h2-9H,11H2,1H3,(H,19,20)/b7-6+. The van der Waals surface area contributed by atoms with E-state index in [1.54, 1.807) is 30.3 Å². The minimum absolute atomic E-state index is 0.347. The van der Waals surface area contributed by atoms with Crippen molar-refractivity contribution in [3.05, 3.63) is 57.8 Å². The lowest BCUT2D eigenvalue weighted by atomic mass is 10.2. The number of ether oxygens (including phenoxy) is 1. The Balaban J connectivity index is 1.85. The molecule has 0 saturated carbocycles. The van der Waals surface area contributed by atoms with Crippen LogP contribution in [-0.2, 0) is 14.3 Å². The first kappa shape index (κ1) is 16.5. The zero-order valence-corrected chi connectivity index (χ0v) is 13.2. The number of rotatable bonds is 5. The van der Waals surface area contributed by atoms with Gasteiger partial charge in [-0.2, -0.15) is 5.26 Å². The molecule has 1 aromatic carbocycles. The number of hydrogen-bond donors (Lipinski definition) is 1. The number of carbonyl (C=O) groups excluding carboxylic acids is 2. The Labute approximate surface area is 137 Å². The van der Waals surface area contributed by atoms with E-state index in [0.717, 1.165) is 10.4 Å². The van der Waals surface area contributed by atoms with Gasteiger partial charge in [0.1, 0.15) is 6.07 Å². The molecule has 0 saturated heterocycles. The van der Waals surface area contributed by atoms with Crippen LogP contribution in [0.3, 0.4) is 0 Å². The minimum atomic E-state index is -0.596. The van der Waals surface area contributed by atoms with Gasteiger partial charge in [-0.25, -0.2) is 4.79 Å². The van der Waals surface area contributed by atoms with Crippen molar-refractivity contribution in [3.63, 3.8) is 0 Å². The van der Waals surface area contributed by atoms with Crippen LogP contribution in [-0.4, -0.2) is 18.5 Å². The monoisotopic (exact) mass is 326 g/mol. The van der Waals surface area contributed by atoms with Crippen molar-refractivity contribution in [2.45, 2.75) is 6.92 Å². The Kier molecular flexibility index (Phi) is 5.67. The first-order chi connectivity index (χ1) is 11.1. The minimum Gasteiger partial charge on any atom is -0.452 e. The second kappa shape index (κ2) is 7.92. The largest absolute Gasteiger partial charge is 0.452 e. The predicted octanol–water partition coefficient (Wildman–Crippen LogP) is 3.12. The number of nitrogens with one attached hydrogen (secondary N) is 1. The van der Waals surface area contributed by atoms with Crippen molar-refractivity contribution in [1.82, 2.24) is 0 Å². The summed E-state index contributed by atoms with van der Waals surface area (Å²) in [5.74, 6) is -1.09. The lowest BCUT2D eigenvalue weighted by molar-refractivity contribution is -0.142. The summed E-state index contributed by atoms with van der Waals surface area (Å²) in [5.41, 5.74) is 1.81. The number of benzene rings is 1. The Morgan fingerprint density at radius 1 is 1.35 bits per heavy atom. The summed E-state index contributed by atoms with van der Waals surface area (Å²) in [4.78, 5) is 24.3. The Morgan fingerprint density at radius 2 is 2.13 bits per heavy atom. The molecule has 0 radical (unpaired) electrons.